The SMILES string of the molecule is Cc1ccc(-n2nccn2)c(C(=O)N2CC(Cc3nc4ccccc4o3)CCC2C)c1. The van der Waals surface area contributed by atoms with Crippen LogP contribution in [0.2, 0.25) is 0 Å². The van der Waals surface area contributed by atoms with Crippen molar-refractivity contribution in [3.05, 3.63) is 71.9 Å². The van der Waals surface area contributed by atoms with E-state index in [4.69, 9.17) is 4.42 Å². The molecule has 4 aromatic rings. The molecule has 1 aliphatic rings. The lowest BCUT2D eigenvalue weighted by Crippen LogP contribution is -2.46. The van der Waals surface area contributed by atoms with Gasteiger partial charge in [-0.25, -0.2) is 4.98 Å². The van der Waals surface area contributed by atoms with Crippen molar-refractivity contribution >= 4 is 17.0 Å². The van der Waals surface area contributed by atoms with Gasteiger partial charge in [-0.05, 0) is 56.9 Å². The van der Waals surface area contributed by atoms with Crippen LogP contribution in [0.1, 0.15) is 41.6 Å². The van der Waals surface area contributed by atoms with E-state index in [1.165, 1.54) is 4.80 Å². The summed E-state index contributed by atoms with van der Waals surface area (Å²) in [5, 5.41) is 8.46. The highest BCUT2D eigenvalue weighted by atomic mass is 16.3. The van der Waals surface area contributed by atoms with Crippen LogP contribution in [-0.4, -0.2) is 43.4 Å². The molecule has 2 unspecified atom stereocenters. The minimum Gasteiger partial charge on any atom is -0.441 e. The van der Waals surface area contributed by atoms with Gasteiger partial charge in [-0.1, -0.05) is 23.8 Å². The summed E-state index contributed by atoms with van der Waals surface area (Å²) in [4.78, 5) is 21.8. The number of piperidine rings is 1. The number of aromatic nitrogens is 4. The third kappa shape index (κ3) is 3.83. The lowest BCUT2D eigenvalue weighted by molar-refractivity contribution is 0.0554. The first kappa shape index (κ1) is 19.5. The number of amides is 1. The van der Waals surface area contributed by atoms with E-state index in [1.807, 2.05) is 54.3 Å². The molecular weight excluding hydrogens is 390 g/mol. The van der Waals surface area contributed by atoms with Gasteiger partial charge in [0.25, 0.3) is 5.91 Å². The van der Waals surface area contributed by atoms with Gasteiger partial charge in [-0.15, -0.1) is 0 Å². The van der Waals surface area contributed by atoms with Gasteiger partial charge in [0.05, 0.1) is 23.6 Å². The summed E-state index contributed by atoms with van der Waals surface area (Å²) < 4.78 is 5.93. The molecular formula is C24H25N5O2. The molecule has 5 rings (SSSR count). The summed E-state index contributed by atoms with van der Waals surface area (Å²) in [6.45, 7) is 4.79. The molecule has 1 fully saturated rings. The standard InChI is InChI=1S/C24H25N5O2/c1-16-7-10-21(29-25-11-12-26-29)19(13-16)24(30)28-15-18(9-8-17(28)2)14-23-27-20-5-3-4-6-22(20)31-23/h3-7,10-13,17-18H,8-9,14-15H2,1-2H3. The zero-order valence-electron chi connectivity index (χ0n) is 17.7. The Balaban J connectivity index is 1.39. The molecule has 158 valence electrons. The molecule has 0 saturated carbocycles. The number of hydrogen-bond acceptors (Lipinski definition) is 5. The maximum Gasteiger partial charge on any atom is 0.256 e. The number of hydrogen-bond donors (Lipinski definition) is 0. The first-order valence-corrected chi connectivity index (χ1v) is 10.7. The molecule has 7 nitrogen and oxygen atoms in total. The Morgan fingerprint density at radius 1 is 1.13 bits per heavy atom. The predicted octanol–water partition coefficient (Wildman–Crippen LogP) is 4.20. The van der Waals surface area contributed by atoms with Gasteiger partial charge in [-0.3, -0.25) is 4.79 Å². The Bertz CT molecular complexity index is 1180. The molecule has 0 spiro atoms. The van der Waals surface area contributed by atoms with E-state index in [2.05, 4.69) is 22.1 Å². The fraction of sp³-hybridized carbons (Fsp3) is 0.333. The minimum absolute atomic E-state index is 0.0192. The van der Waals surface area contributed by atoms with Crippen molar-refractivity contribution in [3.63, 3.8) is 0 Å². The molecule has 0 aliphatic carbocycles. The van der Waals surface area contributed by atoms with Crippen LogP contribution in [0.5, 0.6) is 0 Å². The number of aryl methyl sites for hydroxylation is 1. The van der Waals surface area contributed by atoms with Crippen LogP contribution in [0, 0.1) is 12.8 Å². The number of benzene rings is 2. The Kier molecular flexibility index (Phi) is 5.02. The maximum absolute atomic E-state index is 13.6. The van der Waals surface area contributed by atoms with Crippen molar-refractivity contribution in [2.45, 2.75) is 39.2 Å². The van der Waals surface area contributed by atoms with Crippen molar-refractivity contribution in [2.75, 3.05) is 6.54 Å². The van der Waals surface area contributed by atoms with Crippen molar-refractivity contribution in [1.82, 2.24) is 24.9 Å². The second-order valence-corrected chi connectivity index (χ2v) is 8.37. The summed E-state index contributed by atoms with van der Waals surface area (Å²) in [6, 6.07) is 13.8. The number of rotatable bonds is 4. The number of carbonyl (C=O) groups excluding carboxylic acids is 1. The van der Waals surface area contributed by atoms with Crippen molar-refractivity contribution in [2.24, 2.45) is 5.92 Å². The van der Waals surface area contributed by atoms with E-state index in [0.717, 1.165) is 41.8 Å². The van der Waals surface area contributed by atoms with Gasteiger partial charge in [0.15, 0.2) is 11.5 Å². The smallest absolute Gasteiger partial charge is 0.256 e. The number of nitrogens with zero attached hydrogens (tertiary/aromatic N) is 5. The summed E-state index contributed by atoms with van der Waals surface area (Å²) in [5.41, 5.74) is 4.06. The topological polar surface area (TPSA) is 77.1 Å². The summed E-state index contributed by atoms with van der Waals surface area (Å²) >= 11 is 0. The van der Waals surface area contributed by atoms with Crippen LogP contribution in [0.15, 0.2) is 59.3 Å². The molecule has 1 amide bonds. The average Bonchev–Trinajstić information content (AvgIpc) is 3.44. The first-order chi connectivity index (χ1) is 15.1. The highest BCUT2D eigenvalue weighted by molar-refractivity contribution is 5.98. The molecule has 1 aliphatic heterocycles. The molecule has 0 bridgehead atoms. The number of fused-ring (bicyclic) bond motifs is 1. The van der Waals surface area contributed by atoms with Crippen LogP contribution >= 0.6 is 0 Å². The second-order valence-electron chi connectivity index (χ2n) is 8.37. The molecule has 2 aromatic heterocycles. The monoisotopic (exact) mass is 415 g/mol. The summed E-state index contributed by atoms with van der Waals surface area (Å²) in [5.74, 6) is 1.07. The van der Waals surface area contributed by atoms with Gasteiger partial charge in [0, 0.05) is 19.0 Å². The Morgan fingerprint density at radius 2 is 1.94 bits per heavy atom. The number of para-hydroxylation sites is 2. The van der Waals surface area contributed by atoms with E-state index < -0.39 is 0 Å². The van der Waals surface area contributed by atoms with Crippen LogP contribution < -0.4 is 0 Å². The molecule has 7 heteroatoms. The van der Waals surface area contributed by atoms with E-state index in [-0.39, 0.29) is 11.9 Å². The molecule has 3 heterocycles. The van der Waals surface area contributed by atoms with E-state index >= 15 is 0 Å². The van der Waals surface area contributed by atoms with E-state index in [1.54, 1.807) is 12.4 Å². The molecule has 0 N–H and O–H groups in total. The largest absolute Gasteiger partial charge is 0.441 e. The predicted molar refractivity (Wildman–Crippen MR) is 117 cm³/mol. The van der Waals surface area contributed by atoms with Crippen LogP contribution in [0.25, 0.3) is 16.8 Å². The normalized spacial score (nSPS) is 19.1. The van der Waals surface area contributed by atoms with Crippen LogP contribution in [0.4, 0.5) is 0 Å². The lowest BCUT2D eigenvalue weighted by atomic mass is 9.90. The minimum atomic E-state index is 0.0192. The third-order valence-corrected chi connectivity index (χ3v) is 6.06. The quantitative estimate of drug-likeness (QED) is 0.499. The maximum atomic E-state index is 13.6. The fourth-order valence-corrected chi connectivity index (χ4v) is 4.38. The van der Waals surface area contributed by atoms with Gasteiger partial charge < -0.3 is 9.32 Å². The molecule has 31 heavy (non-hydrogen) atoms. The average molecular weight is 415 g/mol. The van der Waals surface area contributed by atoms with Gasteiger partial charge in [0.1, 0.15) is 5.52 Å². The summed E-state index contributed by atoms with van der Waals surface area (Å²) in [6.07, 6.45) is 5.97. The zero-order chi connectivity index (χ0) is 21.4. The van der Waals surface area contributed by atoms with Crippen molar-refractivity contribution in [3.8, 4) is 5.69 Å². The van der Waals surface area contributed by atoms with Crippen LogP contribution in [0.3, 0.4) is 0 Å². The van der Waals surface area contributed by atoms with Gasteiger partial charge in [-0.2, -0.15) is 15.0 Å². The highest BCUT2D eigenvalue weighted by Crippen LogP contribution is 2.28. The highest BCUT2D eigenvalue weighted by Gasteiger charge is 2.32. The van der Waals surface area contributed by atoms with Gasteiger partial charge in [0.2, 0.25) is 0 Å². The molecule has 2 atom stereocenters. The third-order valence-electron chi connectivity index (χ3n) is 6.06. The number of carbonyl (C=O) groups is 1. The first-order valence-electron chi connectivity index (χ1n) is 10.7. The molecule has 1 saturated heterocycles. The van der Waals surface area contributed by atoms with Crippen LogP contribution in [-0.2, 0) is 6.42 Å². The molecule has 0 radical (unpaired) electrons. The van der Waals surface area contributed by atoms with E-state index in [9.17, 15) is 4.79 Å². The number of likely N-dealkylation sites (tertiary alicyclic amines) is 1. The van der Waals surface area contributed by atoms with Crippen molar-refractivity contribution in [1.29, 1.82) is 0 Å². The summed E-state index contributed by atoms with van der Waals surface area (Å²) in [7, 11) is 0. The Labute approximate surface area is 180 Å². The molecule has 2 aromatic carbocycles. The van der Waals surface area contributed by atoms with Gasteiger partial charge >= 0.3 is 0 Å². The Morgan fingerprint density at radius 3 is 2.74 bits per heavy atom. The van der Waals surface area contributed by atoms with E-state index in [0.29, 0.717) is 23.7 Å². The second kappa shape index (κ2) is 7.98. The number of oxazole rings is 1. The Hall–Kier alpha value is -3.48. The zero-order valence-corrected chi connectivity index (χ0v) is 17.7. The van der Waals surface area contributed by atoms with Crippen molar-refractivity contribution < 1.29 is 9.21 Å². The fourth-order valence-electron chi connectivity index (χ4n) is 4.38. The lowest BCUT2D eigenvalue weighted by Gasteiger charge is -2.38.